The van der Waals surface area contributed by atoms with Gasteiger partial charge in [0, 0.05) is 42.6 Å². The van der Waals surface area contributed by atoms with Crippen LogP contribution in [-0.4, -0.2) is 28.1 Å². The van der Waals surface area contributed by atoms with Crippen molar-refractivity contribution in [1.82, 2.24) is 20.3 Å². The van der Waals surface area contributed by atoms with Crippen molar-refractivity contribution in [1.29, 1.82) is 0 Å². The molecule has 0 atom stereocenters. The molecular formula is C13H15BrN4. The van der Waals surface area contributed by atoms with E-state index in [2.05, 4.69) is 55.8 Å². The van der Waals surface area contributed by atoms with Gasteiger partial charge in [0.05, 0.1) is 5.69 Å². The first-order valence-electron chi connectivity index (χ1n) is 6.01. The fraction of sp³-hybridized carbons (Fsp3) is 0.385. The molecule has 1 saturated heterocycles. The molecule has 2 heterocycles. The average Bonchev–Trinajstić information content (AvgIpc) is 2.71. The van der Waals surface area contributed by atoms with E-state index in [0.29, 0.717) is 0 Å². The van der Waals surface area contributed by atoms with Gasteiger partial charge in [0.25, 0.3) is 0 Å². The van der Waals surface area contributed by atoms with Gasteiger partial charge in [0.1, 0.15) is 0 Å². The van der Waals surface area contributed by atoms with E-state index in [4.69, 9.17) is 0 Å². The Morgan fingerprint density at radius 3 is 2.72 bits per heavy atom. The molecule has 0 radical (unpaired) electrons. The van der Waals surface area contributed by atoms with Crippen LogP contribution in [0.4, 0.5) is 0 Å². The first-order valence-corrected chi connectivity index (χ1v) is 6.80. The summed E-state index contributed by atoms with van der Waals surface area (Å²) in [7, 11) is 1.90. The maximum atomic E-state index is 4.21. The van der Waals surface area contributed by atoms with Crippen LogP contribution < -0.4 is 5.32 Å². The number of benzene rings is 1. The molecule has 4 nitrogen and oxygen atoms in total. The summed E-state index contributed by atoms with van der Waals surface area (Å²) in [5.74, 6) is 0. The van der Waals surface area contributed by atoms with Gasteiger partial charge in [0.2, 0.25) is 0 Å². The summed E-state index contributed by atoms with van der Waals surface area (Å²) in [6.45, 7) is 1.98. The Balaban J connectivity index is 1.93. The average molecular weight is 307 g/mol. The van der Waals surface area contributed by atoms with Crippen LogP contribution in [0.15, 0.2) is 34.9 Å². The number of aryl methyl sites for hydroxylation is 1. The predicted octanol–water partition coefficient (Wildman–Crippen LogP) is 1.66. The smallest absolute Gasteiger partial charge is 0.0836 e. The molecule has 1 aliphatic rings. The van der Waals surface area contributed by atoms with Crippen molar-refractivity contribution >= 4 is 15.9 Å². The van der Waals surface area contributed by atoms with Crippen LogP contribution in [0.5, 0.6) is 0 Å². The van der Waals surface area contributed by atoms with E-state index in [-0.39, 0.29) is 5.41 Å². The summed E-state index contributed by atoms with van der Waals surface area (Å²) in [4.78, 5) is 0. The highest BCUT2D eigenvalue weighted by Crippen LogP contribution is 2.36. The second-order valence-electron chi connectivity index (χ2n) is 4.92. The second-order valence-corrected chi connectivity index (χ2v) is 5.78. The number of hydrogen-bond acceptors (Lipinski definition) is 3. The van der Waals surface area contributed by atoms with E-state index < -0.39 is 0 Å². The monoisotopic (exact) mass is 306 g/mol. The van der Waals surface area contributed by atoms with Crippen molar-refractivity contribution < 1.29 is 0 Å². The minimum atomic E-state index is 0.149. The Kier molecular flexibility index (Phi) is 2.95. The molecule has 0 saturated carbocycles. The molecule has 0 amide bonds. The zero-order chi connectivity index (χ0) is 12.6. The number of nitrogens with zero attached hydrogens (tertiary/aromatic N) is 3. The lowest BCUT2D eigenvalue weighted by Gasteiger charge is -2.43. The Labute approximate surface area is 115 Å². The summed E-state index contributed by atoms with van der Waals surface area (Å²) in [6.07, 6.45) is 2.92. The van der Waals surface area contributed by atoms with Gasteiger partial charge in [-0.25, -0.2) is 0 Å². The minimum absolute atomic E-state index is 0.149. The van der Waals surface area contributed by atoms with Crippen LogP contribution in [0.2, 0.25) is 0 Å². The lowest BCUT2D eigenvalue weighted by Crippen LogP contribution is -2.58. The maximum absolute atomic E-state index is 4.21. The maximum Gasteiger partial charge on any atom is 0.0836 e. The van der Waals surface area contributed by atoms with Gasteiger partial charge in [-0.1, -0.05) is 39.3 Å². The van der Waals surface area contributed by atoms with Crippen LogP contribution in [0.3, 0.4) is 0 Å². The quantitative estimate of drug-likeness (QED) is 0.938. The number of aromatic nitrogens is 3. The SMILES string of the molecule is Cn1cc(CC2(c3ccccc3Br)CNC2)nn1. The lowest BCUT2D eigenvalue weighted by molar-refractivity contribution is 0.271. The normalized spacial score (nSPS) is 17.4. The van der Waals surface area contributed by atoms with Crippen LogP contribution in [0, 0.1) is 0 Å². The molecule has 0 unspecified atom stereocenters. The van der Waals surface area contributed by atoms with E-state index in [1.807, 2.05) is 13.2 Å². The van der Waals surface area contributed by atoms with Crippen LogP contribution in [0.1, 0.15) is 11.3 Å². The molecule has 1 N–H and O–H groups in total. The molecule has 5 heteroatoms. The Morgan fingerprint density at radius 2 is 2.17 bits per heavy atom. The van der Waals surface area contributed by atoms with Crippen LogP contribution in [0.25, 0.3) is 0 Å². The highest BCUT2D eigenvalue weighted by atomic mass is 79.9. The minimum Gasteiger partial charge on any atom is -0.315 e. The molecule has 0 bridgehead atoms. The van der Waals surface area contributed by atoms with Crippen molar-refractivity contribution in [3.63, 3.8) is 0 Å². The first-order chi connectivity index (χ1) is 8.70. The van der Waals surface area contributed by atoms with Gasteiger partial charge in [0.15, 0.2) is 0 Å². The highest BCUT2D eigenvalue weighted by Gasteiger charge is 2.40. The van der Waals surface area contributed by atoms with Crippen molar-refractivity contribution in [2.24, 2.45) is 7.05 Å². The molecule has 2 aromatic rings. The summed E-state index contributed by atoms with van der Waals surface area (Å²) in [5.41, 5.74) is 2.56. The molecule has 18 heavy (non-hydrogen) atoms. The Hall–Kier alpha value is -1.20. The van der Waals surface area contributed by atoms with Crippen molar-refractivity contribution in [3.8, 4) is 0 Å². The third-order valence-electron chi connectivity index (χ3n) is 3.54. The summed E-state index contributed by atoms with van der Waals surface area (Å²) >= 11 is 3.66. The van der Waals surface area contributed by atoms with Gasteiger partial charge in [-0.3, -0.25) is 4.68 Å². The molecule has 1 aromatic carbocycles. The standard InChI is InChI=1S/C13H15BrN4/c1-18-7-10(16-17-18)6-13(8-15-9-13)11-4-2-3-5-12(11)14/h2-5,7,15H,6,8-9H2,1H3. The van der Waals surface area contributed by atoms with Crippen molar-refractivity contribution in [3.05, 3.63) is 46.2 Å². The van der Waals surface area contributed by atoms with Gasteiger partial charge in [-0.15, -0.1) is 5.10 Å². The van der Waals surface area contributed by atoms with Crippen molar-refractivity contribution in [2.45, 2.75) is 11.8 Å². The van der Waals surface area contributed by atoms with E-state index in [1.54, 1.807) is 4.68 Å². The lowest BCUT2D eigenvalue weighted by atomic mass is 9.72. The highest BCUT2D eigenvalue weighted by molar-refractivity contribution is 9.10. The number of rotatable bonds is 3. The third kappa shape index (κ3) is 1.97. The van der Waals surface area contributed by atoms with Gasteiger partial charge in [-0.05, 0) is 11.6 Å². The van der Waals surface area contributed by atoms with E-state index in [9.17, 15) is 0 Å². The summed E-state index contributed by atoms with van der Waals surface area (Å²) in [6, 6.07) is 8.44. The fourth-order valence-corrected chi connectivity index (χ4v) is 3.26. The Morgan fingerprint density at radius 1 is 1.39 bits per heavy atom. The molecule has 1 aromatic heterocycles. The van der Waals surface area contributed by atoms with E-state index in [0.717, 1.165) is 25.2 Å². The zero-order valence-electron chi connectivity index (χ0n) is 10.2. The van der Waals surface area contributed by atoms with Crippen LogP contribution >= 0.6 is 15.9 Å². The second kappa shape index (κ2) is 4.48. The third-order valence-corrected chi connectivity index (χ3v) is 4.23. The topological polar surface area (TPSA) is 42.7 Å². The molecule has 94 valence electrons. The predicted molar refractivity (Wildman–Crippen MR) is 73.4 cm³/mol. The molecule has 0 aliphatic carbocycles. The molecule has 1 aliphatic heterocycles. The molecule has 0 spiro atoms. The fourth-order valence-electron chi connectivity index (χ4n) is 2.55. The van der Waals surface area contributed by atoms with Crippen LogP contribution in [-0.2, 0) is 18.9 Å². The Bertz CT molecular complexity index is 560. The van der Waals surface area contributed by atoms with Gasteiger partial charge >= 0.3 is 0 Å². The molecular weight excluding hydrogens is 292 g/mol. The molecule has 3 rings (SSSR count). The summed E-state index contributed by atoms with van der Waals surface area (Å²) < 4.78 is 2.94. The number of nitrogens with one attached hydrogen (secondary N) is 1. The van der Waals surface area contributed by atoms with Gasteiger partial charge in [-0.2, -0.15) is 0 Å². The first kappa shape index (κ1) is 11.9. The summed E-state index contributed by atoms with van der Waals surface area (Å²) in [5, 5.41) is 11.6. The molecule has 1 fully saturated rings. The number of hydrogen-bond donors (Lipinski definition) is 1. The van der Waals surface area contributed by atoms with Crippen molar-refractivity contribution in [2.75, 3.05) is 13.1 Å². The number of halogens is 1. The zero-order valence-corrected chi connectivity index (χ0v) is 11.8. The largest absolute Gasteiger partial charge is 0.315 e. The van der Waals surface area contributed by atoms with E-state index in [1.165, 1.54) is 10.0 Å². The van der Waals surface area contributed by atoms with E-state index >= 15 is 0 Å². The van der Waals surface area contributed by atoms with Gasteiger partial charge < -0.3 is 5.32 Å².